The van der Waals surface area contributed by atoms with E-state index in [1.165, 1.54) is 17.2 Å². The third-order valence-corrected chi connectivity index (χ3v) is 6.75. The number of thioether (sulfide) groups is 1. The monoisotopic (exact) mass is 508 g/mol. The first-order chi connectivity index (χ1) is 15.8. The molecule has 2 atom stereocenters. The summed E-state index contributed by atoms with van der Waals surface area (Å²) in [6.45, 7) is 2.60. The summed E-state index contributed by atoms with van der Waals surface area (Å²) in [6, 6.07) is 10.9. The van der Waals surface area contributed by atoms with Crippen molar-refractivity contribution in [3.8, 4) is 11.5 Å². The second-order valence-corrected chi connectivity index (χ2v) is 9.52. The number of hydrogen-bond donors (Lipinski definition) is 1. The summed E-state index contributed by atoms with van der Waals surface area (Å²) in [5.41, 5.74) is 7.84. The molecule has 34 heavy (non-hydrogen) atoms. The first-order valence-corrected chi connectivity index (χ1v) is 11.8. The molecule has 2 N–H and O–H groups in total. The molecule has 6 nitrogen and oxygen atoms in total. The molecule has 3 aromatic heterocycles. The van der Waals surface area contributed by atoms with E-state index in [2.05, 4.69) is 23.2 Å². The average molecular weight is 509 g/mol. The van der Waals surface area contributed by atoms with Crippen LogP contribution in [0.3, 0.4) is 0 Å². The largest absolute Gasteiger partial charge is 0.408 e. The Morgan fingerprint density at radius 2 is 1.94 bits per heavy atom. The average Bonchev–Trinajstić information content (AvgIpc) is 3.38. The van der Waals surface area contributed by atoms with Crippen LogP contribution in [0.25, 0.3) is 28.1 Å². The number of benzene rings is 1. The minimum atomic E-state index is -4.43. The van der Waals surface area contributed by atoms with Crippen molar-refractivity contribution in [2.24, 2.45) is 5.73 Å². The van der Waals surface area contributed by atoms with Gasteiger partial charge in [-0.3, -0.25) is 9.30 Å². The number of alkyl halides is 3. The summed E-state index contributed by atoms with van der Waals surface area (Å²) in [4.78, 5) is 7.25. The molecule has 1 aliphatic heterocycles. The molecule has 1 aliphatic rings. The minimum Gasteiger partial charge on any atom is -0.326 e. The van der Waals surface area contributed by atoms with Gasteiger partial charge in [0.2, 0.25) is 0 Å². The molecule has 1 fully saturated rings. The van der Waals surface area contributed by atoms with Gasteiger partial charge in [0.05, 0.1) is 5.52 Å². The van der Waals surface area contributed by atoms with Crippen molar-refractivity contribution >= 4 is 40.7 Å². The molecule has 0 spiro atoms. The van der Waals surface area contributed by atoms with Crippen LogP contribution in [0.2, 0.25) is 0 Å². The maximum atomic E-state index is 14.1. The van der Waals surface area contributed by atoms with E-state index >= 15 is 0 Å². The lowest BCUT2D eigenvalue weighted by Crippen LogP contribution is -2.38. The molecule has 4 aromatic rings. The van der Waals surface area contributed by atoms with Crippen LogP contribution in [-0.2, 0) is 0 Å². The van der Waals surface area contributed by atoms with Crippen molar-refractivity contribution in [1.29, 1.82) is 0 Å². The third-order valence-electron chi connectivity index (χ3n) is 5.88. The Hall–Kier alpha value is -2.40. The van der Waals surface area contributed by atoms with Gasteiger partial charge >= 0.3 is 6.18 Å². The van der Waals surface area contributed by atoms with E-state index < -0.39 is 12.2 Å². The second kappa shape index (κ2) is 9.69. The van der Waals surface area contributed by atoms with Gasteiger partial charge in [0.1, 0.15) is 11.7 Å². The lowest BCUT2D eigenvalue weighted by Gasteiger charge is -2.30. The number of aromatic nitrogens is 4. The van der Waals surface area contributed by atoms with Crippen molar-refractivity contribution in [1.82, 2.24) is 24.5 Å². The van der Waals surface area contributed by atoms with Crippen molar-refractivity contribution in [2.75, 3.05) is 18.8 Å². The van der Waals surface area contributed by atoms with Crippen LogP contribution in [0.1, 0.15) is 24.9 Å². The van der Waals surface area contributed by atoms with Crippen LogP contribution in [-0.4, -0.2) is 55.5 Å². The molecule has 1 aromatic carbocycles. The topological polar surface area (TPSA) is 72.3 Å². The minimum absolute atomic E-state index is 0. The SMILES string of the molecule is CCSc1ccc2ccc(-c3nnc4ccc([C@@H](N5CCC(N)C5)C(F)(F)F)cn34)nc2c1.Cl. The summed E-state index contributed by atoms with van der Waals surface area (Å²) < 4.78 is 43.8. The molecule has 0 aliphatic carbocycles. The van der Waals surface area contributed by atoms with Gasteiger partial charge in [-0.1, -0.05) is 25.1 Å². The van der Waals surface area contributed by atoms with Crippen LogP contribution in [0.5, 0.6) is 0 Å². The Bertz CT molecular complexity index is 1310. The zero-order chi connectivity index (χ0) is 23.2. The summed E-state index contributed by atoms with van der Waals surface area (Å²) >= 11 is 1.72. The second-order valence-electron chi connectivity index (χ2n) is 8.19. The predicted molar refractivity (Wildman–Crippen MR) is 130 cm³/mol. The number of nitrogens with two attached hydrogens (primary N) is 1. The number of nitrogens with zero attached hydrogens (tertiary/aromatic N) is 5. The highest BCUT2D eigenvalue weighted by Gasteiger charge is 2.46. The van der Waals surface area contributed by atoms with E-state index in [0.717, 1.165) is 21.6 Å². The van der Waals surface area contributed by atoms with E-state index in [4.69, 9.17) is 10.7 Å². The fourth-order valence-electron chi connectivity index (χ4n) is 4.38. The Morgan fingerprint density at radius 3 is 2.65 bits per heavy atom. The van der Waals surface area contributed by atoms with E-state index in [9.17, 15) is 13.2 Å². The highest BCUT2D eigenvalue weighted by molar-refractivity contribution is 7.99. The Morgan fingerprint density at radius 1 is 1.15 bits per heavy atom. The molecule has 0 amide bonds. The third kappa shape index (κ3) is 4.72. The summed E-state index contributed by atoms with van der Waals surface area (Å²) in [6.07, 6.45) is -2.41. The van der Waals surface area contributed by atoms with Crippen LogP contribution < -0.4 is 5.73 Å². The molecule has 0 saturated carbocycles. The van der Waals surface area contributed by atoms with Gasteiger partial charge in [-0.2, -0.15) is 13.2 Å². The van der Waals surface area contributed by atoms with Gasteiger partial charge in [-0.05, 0) is 42.0 Å². The van der Waals surface area contributed by atoms with Gasteiger partial charge in [0.15, 0.2) is 11.5 Å². The molecule has 4 heterocycles. The van der Waals surface area contributed by atoms with Crippen molar-refractivity contribution in [3.05, 3.63) is 54.2 Å². The van der Waals surface area contributed by atoms with Crippen molar-refractivity contribution < 1.29 is 13.2 Å². The smallest absolute Gasteiger partial charge is 0.326 e. The van der Waals surface area contributed by atoms with E-state index in [0.29, 0.717) is 30.1 Å². The molecule has 1 unspecified atom stereocenters. The summed E-state index contributed by atoms with van der Waals surface area (Å²) in [7, 11) is 0. The van der Waals surface area contributed by atoms with Crippen LogP contribution >= 0.6 is 24.2 Å². The Balaban J connectivity index is 0.00000274. The molecule has 180 valence electrons. The lowest BCUT2D eigenvalue weighted by atomic mass is 10.1. The maximum Gasteiger partial charge on any atom is 0.408 e. The zero-order valence-corrected chi connectivity index (χ0v) is 20.0. The molecule has 0 radical (unpaired) electrons. The van der Waals surface area contributed by atoms with Gasteiger partial charge in [0.25, 0.3) is 0 Å². The molecule has 5 rings (SSSR count). The Labute approximate surface area is 205 Å². The summed E-state index contributed by atoms with van der Waals surface area (Å²) in [5, 5.41) is 9.36. The van der Waals surface area contributed by atoms with E-state index in [1.807, 2.05) is 24.3 Å². The lowest BCUT2D eigenvalue weighted by molar-refractivity contribution is -0.183. The fraction of sp³-hybridized carbons (Fsp3) is 0.348. The quantitative estimate of drug-likeness (QED) is 0.377. The van der Waals surface area contributed by atoms with Gasteiger partial charge in [-0.15, -0.1) is 34.4 Å². The zero-order valence-electron chi connectivity index (χ0n) is 18.4. The van der Waals surface area contributed by atoms with Gasteiger partial charge in [-0.25, -0.2) is 4.98 Å². The maximum absolute atomic E-state index is 14.1. The Kier molecular flexibility index (Phi) is 7.04. The first kappa shape index (κ1) is 24.7. The fourth-order valence-corrected chi connectivity index (χ4v) is 5.07. The number of fused-ring (bicyclic) bond motifs is 2. The number of pyridine rings is 2. The molecular formula is C23H24ClF3N6S. The van der Waals surface area contributed by atoms with Crippen molar-refractivity contribution in [2.45, 2.75) is 36.5 Å². The first-order valence-electron chi connectivity index (χ1n) is 10.8. The summed E-state index contributed by atoms with van der Waals surface area (Å²) in [5.74, 6) is 1.35. The molecule has 11 heteroatoms. The molecular weight excluding hydrogens is 485 g/mol. The number of likely N-dealkylation sites (tertiary alicyclic amines) is 1. The van der Waals surface area contributed by atoms with Crippen molar-refractivity contribution in [3.63, 3.8) is 0 Å². The number of halogens is 4. The van der Waals surface area contributed by atoms with E-state index in [-0.39, 0.29) is 30.6 Å². The predicted octanol–water partition coefficient (Wildman–Crippen LogP) is 5.11. The van der Waals surface area contributed by atoms with Crippen LogP contribution in [0.4, 0.5) is 13.2 Å². The van der Waals surface area contributed by atoms with Gasteiger partial charge in [0, 0.05) is 35.6 Å². The molecule has 0 bridgehead atoms. The van der Waals surface area contributed by atoms with E-state index in [1.54, 1.807) is 22.2 Å². The number of hydrogen-bond acceptors (Lipinski definition) is 6. The molecule has 1 saturated heterocycles. The van der Waals surface area contributed by atoms with Gasteiger partial charge < -0.3 is 5.73 Å². The standard InChI is InChI=1S/C23H23F3N6S.ClH/c1-2-33-17-6-3-14-4-7-18(28-19(14)11-17)22-30-29-20-8-5-15(12-32(20)22)21(23(24,25)26)31-10-9-16(27)13-31;/h3-8,11-12,16,21H,2,9-10,13,27H2,1H3;1H/t16?,21-;/m1./s1. The normalized spacial score (nSPS) is 17.9. The number of rotatable bonds is 5. The highest BCUT2D eigenvalue weighted by Crippen LogP contribution is 2.39. The highest BCUT2D eigenvalue weighted by atomic mass is 35.5. The van der Waals surface area contributed by atoms with Crippen LogP contribution in [0.15, 0.2) is 53.6 Å². The van der Waals surface area contributed by atoms with Crippen LogP contribution in [0, 0.1) is 0 Å².